The van der Waals surface area contributed by atoms with E-state index in [0.717, 1.165) is 19.5 Å². The van der Waals surface area contributed by atoms with Crippen molar-refractivity contribution in [2.75, 3.05) is 13.1 Å². The normalized spacial score (nSPS) is 24.4. The topological polar surface area (TPSA) is 70.1 Å². The molecule has 94 valence electrons. The van der Waals surface area contributed by atoms with Crippen LogP contribution in [0.5, 0.6) is 0 Å². The van der Waals surface area contributed by atoms with E-state index in [0.29, 0.717) is 6.54 Å². The minimum Gasteiger partial charge on any atom is -0.369 e. The van der Waals surface area contributed by atoms with Crippen LogP contribution < -0.4 is 5.73 Å². The lowest BCUT2D eigenvalue weighted by molar-refractivity contribution is -0.124. The second kappa shape index (κ2) is 5.65. The number of rotatable bonds is 3. The van der Waals surface area contributed by atoms with Gasteiger partial charge in [0.15, 0.2) is 0 Å². The number of hydrogen-bond acceptors (Lipinski definition) is 3. The number of nitrogens with two attached hydrogens (primary N) is 1. The molecule has 4 nitrogen and oxygen atoms in total. The van der Waals surface area contributed by atoms with Crippen molar-refractivity contribution in [3.05, 3.63) is 35.9 Å². The van der Waals surface area contributed by atoms with E-state index in [-0.39, 0.29) is 17.7 Å². The summed E-state index contributed by atoms with van der Waals surface area (Å²) in [6, 6.07) is 12.3. The molecule has 2 unspecified atom stereocenters. The number of nitrogens with zero attached hydrogens (tertiary/aromatic N) is 2. The number of benzene rings is 1. The summed E-state index contributed by atoms with van der Waals surface area (Å²) in [5.74, 6) is -0.929. The predicted molar refractivity (Wildman–Crippen MR) is 68.1 cm³/mol. The first-order valence-corrected chi connectivity index (χ1v) is 6.16. The van der Waals surface area contributed by atoms with Gasteiger partial charge in [0.2, 0.25) is 5.91 Å². The Morgan fingerprint density at radius 3 is 2.78 bits per heavy atom. The van der Waals surface area contributed by atoms with Crippen LogP contribution in [-0.4, -0.2) is 23.9 Å². The van der Waals surface area contributed by atoms with Crippen LogP contribution in [-0.2, 0) is 11.3 Å². The van der Waals surface area contributed by atoms with Crippen molar-refractivity contribution in [1.29, 1.82) is 5.26 Å². The maximum Gasteiger partial charge on any atom is 0.223 e. The summed E-state index contributed by atoms with van der Waals surface area (Å²) < 4.78 is 0. The zero-order chi connectivity index (χ0) is 13.0. The third kappa shape index (κ3) is 2.88. The van der Waals surface area contributed by atoms with Gasteiger partial charge in [-0.2, -0.15) is 5.26 Å². The van der Waals surface area contributed by atoms with Crippen LogP contribution in [0.25, 0.3) is 0 Å². The van der Waals surface area contributed by atoms with Crippen molar-refractivity contribution >= 4 is 5.91 Å². The van der Waals surface area contributed by atoms with Crippen LogP contribution in [0, 0.1) is 23.2 Å². The summed E-state index contributed by atoms with van der Waals surface area (Å²) in [4.78, 5) is 13.6. The number of carbonyl (C=O) groups excluding carboxylic acids is 1. The monoisotopic (exact) mass is 243 g/mol. The minimum atomic E-state index is -0.362. The Bertz CT molecular complexity index is 452. The Morgan fingerprint density at radius 1 is 1.44 bits per heavy atom. The largest absolute Gasteiger partial charge is 0.369 e. The smallest absolute Gasteiger partial charge is 0.223 e. The zero-order valence-electron chi connectivity index (χ0n) is 10.2. The highest BCUT2D eigenvalue weighted by Crippen LogP contribution is 2.24. The third-order valence-corrected chi connectivity index (χ3v) is 3.48. The molecule has 2 N–H and O–H groups in total. The first-order chi connectivity index (χ1) is 8.70. The van der Waals surface area contributed by atoms with Gasteiger partial charge in [0, 0.05) is 13.1 Å². The van der Waals surface area contributed by atoms with Crippen LogP contribution in [0.1, 0.15) is 12.0 Å². The quantitative estimate of drug-likeness (QED) is 0.865. The Morgan fingerprint density at radius 2 is 2.17 bits per heavy atom. The van der Waals surface area contributed by atoms with E-state index in [1.54, 1.807) is 0 Å². The van der Waals surface area contributed by atoms with Gasteiger partial charge < -0.3 is 5.73 Å². The molecule has 0 spiro atoms. The number of primary amides is 1. The first-order valence-electron chi connectivity index (χ1n) is 6.16. The standard InChI is InChI=1S/C14H17N3O/c15-8-12-6-7-17(10-13(12)14(16)18)9-11-4-2-1-3-5-11/h1-5,12-13H,6-7,9-10H2,(H2,16,18). The molecule has 0 aliphatic carbocycles. The molecule has 2 rings (SSSR count). The van der Waals surface area contributed by atoms with E-state index < -0.39 is 0 Å². The van der Waals surface area contributed by atoms with Crippen LogP contribution in [0.4, 0.5) is 0 Å². The molecule has 1 aliphatic heterocycles. The van der Waals surface area contributed by atoms with Gasteiger partial charge in [-0.05, 0) is 18.5 Å². The highest BCUT2D eigenvalue weighted by molar-refractivity contribution is 5.77. The SMILES string of the molecule is N#CC1CCN(Cc2ccccc2)CC1C(N)=O. The average Bonchev–Trinajstić information content (AvgIpc) is 2.40. The summed E-state index contributed by atoms with van der Waals surface area (Å²) in [6.07, 6.45) is 0.719. The second-order valence-corrected chi connectivity index (χ2v) is 4.75. The van der Waals surface area contributed by atoms with E-state index >= 15 is 0 Å². The maximum absolute atomic E-state index is 11.4. The summed E-state index contributed by atoms with van der Waals surface area (Å²) in [5.41, 5.74) is 6.59. The fraction of sp³-hybridized carbons (Fsp3) is 0.429. The van der Waals surface area contributed by atoms with E-state index in [9.17, 15) is 4.79 Å². The van der Waals surface area contributed by atoms with Crippen molar-refractivity contribution in [1.82, 2.24) is 4.90 Å². The molecule has 1 saturated heterocycles. The van der Waals surface area contributed by atoms with Crippen molar-refractivity contribution in [2.24, 2.45) is 17.6 Å². The molecule has 2 atom stereocenters. The van der Waals surface area contributed by atoms with Crippen LogP contribution in [0.2, 0.25) is 0 Å². The molecule has 0 aromatic heterocycles. The third-order valence-electron chi connectivity index (χ3n) is 3.48. The second-order valence-electron chi connectivity index (χ2n) is 4.75. The van der Waals surface area contributed by atoms with Crippen molar-refractivity contribution in [3.8, 4) is 6.07 Å². The fourth-order valence-electron chi connectivity index (χ4n) is 2.45. The molecule has 1 amide bonds. The van der Waals surface area contributed by atoms with Gasteiger partial charge in [0.05, 0.1) is 17.9 Å². The van der Waals surface area contributed by atoms with Crippen LogP contribution in [0.15, 0.2) is 30.3 Å². The van der Waals surface area contributed by atoms with Crippen molar-refractivity contribution in [3.63, 3.8) is 0 Å². The van der Waals surface area contributed by atoms with Gasteiger partial charge in [0.25, 0.3) is 0 Å². The van der Waals surface area contributed by atoms with E-state index in [1.165, 1.54) is 5.56 Å². The van der Waals surface area contributed by atoms with Crippen LogP contribution >= 0.6 is 0 Å². The lowest BCUT2D eigenvalue weighted by Crippen LogP contribution is -2.45. The molecule has 18 heavy (non-hydrogen) atoms. The van der Waals surface area contributed by atoms with Gasteiger partial charge in [-0.1, -0.05) is 30.3 Å². The maximum atomic E-state index is 11.4. The molecular formula is C14H17N3O. The van der Waals surface area contributed by atoms with Crippen molar-refractivity contribution in [2.45, 2.75) is 13.0 Å². The Labute approximate surface area is 107 Å². The Balaban J connectivity index is 2.01. The summed E-state index contributed by atoms with van der Waals surface area (Å²) in [5, 5.41) is 9.01. The molecule has 4 heteroatoms. The van der Waals surface area contributed by atoms with E-state index in [4.69, 9.17) is 11.0 Å². The highest BCUT2D eigenvalue weighted by atomic mass is 16.1. The molecule has 1 aromatic rings. The van der Waals surface area contributed by atoms with Gasteiger partial charge in [-0.3, -0.25) is 9.69 Å². The van der Waals surface area contributed by atoms with Crippen LogP contribution in [0.3, 0.4) is 0 Å². The van der Waals surface area contributed by atoms with E-state index in [2.05, 4.69) is 23.1 Å². The highest BCUT2D eigenvalue weighted by Gasteiger charge is 2.32. The Kier molecular flexibility index (Phi) is 3.96. The van der Waals surface area contributed by atoms with Gasteiger partial charge in [-0.15, -0.1) is 0 Å². The lowest BCUT2D eigenvalue weighted by atomic mass is 9.86. The number of amides is 1. The van der Waals surface area contributed by atoms with Crippen molar-refractivity contribution < 1.29 is 4.79 Å². The number of likely N-dealkylation sites (tertiary alicyclic amines) is 1. The molecule has 1 heterocycles. The zero-order valence-corrected chi connectivity index (χ0v) is 10.2. The fourth-order valence-corrected chi connectivity index (χ4v) is 2.45. The number of carbonyl (C=O) groups is 1. The molecule has 0 saturated carbocycles. The lowest BCUT2D eigenvalue weighted by Gasteiger charge is -2.34. The first kappa shape index (κ1) is 12.6. The van der Waals surface area contributed by atoms with Gasteiger partial charge in [0.1, 0.15) is 0 Å². The number of nitriles is 1. The van der Waals surface area contributed by atoms with E-state index in [1.807, 2.05) is 18.2 Å². The molecule has 1 aromatic carbocycles. The molecule has 1 aliphatic rings. The summed E-state index contributed by atoms with van der Waals surface area (Å²) in [6.45, 7) is 2.24. The average molecular weight is 243 g/mol. The Hall–Kier alpha value is -1.86. The minimum absolute atomic E-state index is 0.227. The molecule has 0 radical (unpaired) electrons. The van der Waals surface area contributed by atoms with Gasteiger partial charge >= 0.3 is 0 Å². The number of piperidine rings is 1. The number of hydrogen-bond donors (Lipinski definition) is 1. The predicted octanol–water partition coefficient (Wildman–Crippen LogP) is 1.13. The molecule has 1 fully saturated rings. The molecular weight excluding hydrogens is 226 g/mol. The van der Waals surface area contributed by atoms with Gasteiger partial charge in [-0.25, -0.2) is 0 Å². The summed E-state index contributed by atoms with van der Waals surface area (Å²) in [7, 11) is 0. The molecule has 0 bridgehead atoms. The summed E-state index contributed by atoms with van der Waals surface area (Å²) >= 11 is 0.